The van der Waals surface area contributed by atoms with Gasteiger partial charge < -0.3 is 9.88 Å². The van der Waals surface area contributed by atoms with Gasteiger partial charge in [0.2, 0.25) is 0 Å². The van der Waals surface area contributed by atoms with Crippen LogP contribution in [0.3, 0.4) is 0 Å². The molecular formula is C17H24ClN3. The first-order chi connectivity index (χ1) is 10.1. The molecule has 3 nitrogen and oxygen atoms in total. The molecule has 3 rings (SSSR count). The molecule has 2 heterocycles. The fraction of sp³-hybridized carbons (Fsp3) is 0.588. The number of hydrogen-bond acceptors (Lipinski definition) is 2. The molecule has 2 aromatic rings. The van der Waals surface area contributed by atoms with Crippen molar-refractivity contribution in [2.45, 2.75) is 58.0 Å². The van der Waals surface area contributed by atoms with Gasteiger partial charge in [-0.05, 0) is 57.9 Å². The van der Waals surface area contributed by atoms with E-state index >= 15 is 0 Å². The van der Waals surface area contributed by atoms with Crippen LogP contribution >= 0.6 is 11.6 Å². The zero-order valence-corrected chi connectivity index (χ0v) is 13.7. The molecular weight excluding hydrogens is 282 g/mol. The lowest BCUT2D eigenvalue weighted by molar-refractivity contribution is 0.378. The van der Waals surface area contributed by atoms with Crippen LogP contribution in [-0.4, -0.2) is 22.1 Å². The van der Waals surface area contributed by atoms with Gasteiger partial charge in [0.15, 0.2) is 0 Å². The van der Waals surface area contributed by atoms with Crippen LogP contribution in [0.25, 0.3) is 11.0 Å². The normalized spacial score (nSPS) is 19.5. The molecule has 1 atom stereocenters. The van der Waals surface area contributed by atoms with Gasteiger partial charge in [0, 0.05) is 23.5 Å². The zero-order valence-electron chi connectivity index (χ0n) is 12.9. The fourth-order valence-corrected chi connectivity index (χ4v) is 3.51. The maximum atomic E-state index is 6.15. The summed E-state index contributed by atoms with van der Waals surface area (Å²) in [5.74, 6) is 1.19. The summed E-state index contributed by atoms with van der Waals surface area (Å²) in [4.78, 5) is 4.84. The molecule has 1 aromatic heterocycles. The average Bonchev–Trinajstić information content (AvgIpc) is 2.84. The summed E-state index contributed by atoms with van der Waals surface area (Å²) in [6, 6.07) is 7.05. The average molecular weight is 306 g/mol. The number of aryl methyl sites for hydroxylation is 1. The van der Waals surface area contributed by atoms with E-state index in [4.69, 9.17) is 16.6 Å². The first-order valence-electron chi connectivity index (χ1n) is 8.05. The van der Waals surface area contributed by atoms with Gasteiger partial charge in [-0.25, -0.2) is 4.98 Å². The molecule has 0 radical (unpaired) electrons. The van der Waals surface area contributed by atoms with Crippen LogP contribution in [-0.2, 0) is 6.42 Å². The Labute approximate surface area is 131 Å². The molecule has 1 unspecified atom stereocenters. The van der Waals surface area contributed by atoms with Gasteiger partial charge in [-0.2, -0.15) is 0 Å². The summed E-state index contributed by atoms with van der Waals surface area (Å²) in [6.07, 6.45) is 6.17. The van der Waals surface area contributed by atoms with E-state index in [9.17, 15) is 0 Å². The largest absolute Gasteiger partial charge is 0.325 e. The van der Waals surface area contributed by atoms with Gasteiger partial charge in [0.05, 0.1) is 11.0 Å². The zero-order chi connectivity index (χ0) is 14.8. The van der Waals surface area contributed by atoms with E-state index < -0.39 is 0 Å². The van der Waals surface area contributed by atoms with E-state index in [-0.39, 0.29) is 0 Å². The topological polar surface area (TPSA) is 29.9 Å². The van der Waals surface area contributed by atoms with Crippen LogP contribution in [0.4, 0.5) is 0 Å². The number of rotatable bonds is 4. The van der Waals surface area contributed by atoms with Crippen LogP contribution in [0, 0.1) is 0 Å². The fourth-order valence-electron chi connectivity index (χ4n) is 3.34. The standard InChI is InChI=1S/C17H24ClN3/c1-12(2)21-16-11-13(18)6-8-15(16)20-17(21)9-7-14-5-3-4-10-19-14/h6,8,11-12,14,19H,3-5,7,9-10H2,1-2H3. The van der Waals surface area contributed by atoms with E-state index in [1.54, 1.807) is 0 Å². The van der Waals surface area contributed by atoms with Gasteiger partial charge in [0.1, 0.15) is 5.82 Å². The second kappa shape index (κ2) is 6.37. The van der Waals surface area contributed by atoms with Crippen molar-refractivity contribution in [2.24, 2.45) is 0 Å². The highest BCUT2D eigenvalue weighted by Gasteiger charge is 2.17. The minimum atomic E-state index is 0.405. The van der Waals surface area contributed by atoms with Crippen molar-refractivity contribution in [3.05, 3.63) is 29.0 Å². The number of hydrogen-bond donors (Lipinski definition) is 1. The summed E-state index contributed by atoms with van der Waals surface area (Å²) in [5, 5.41) is 4.40. The molecule has 1 aromatic carbocycles. The van der Waals surface area contributed by atoms with Crippen LogP contribution in [0.2, 0.25) is 5.02 Å². The van der Waals surface area contributed by atoms with Crippen molar-refractivity contribution in [3.8, 4) is 0 Å². The summed E-state index contributed by atoms with van der Waals surface area (Å²) < 4.78 is 2.34. The Hall–Kier alpha value is -1.06. The third kappa shape index (κ3) is 3.24. The second-order valence-electron chi connectivity index (χ2n) is 6.31. The third-order valence-corrected chi connectivity index (χ3v) is 4.60. The highest BCUT2D eigenvalue weighted by Crippen LogP contribution is 2.25. The van der Waals surface area contributed by atoms with Crippen LogP contribution in [0.15, 0.2) is 18.2 Å². The van der Waals surface area contributed by atoms with E-state index in [0.717, 1.165) is 22.5 Å². The van der Waals surface area contributed by atoms with Crippen LogP contribution in [0.1, 0.15) is 51.4 Å². The van der Waals surface area contributed by atoms with Crippen molar-refractivity contribution < 1.29 is 0 Å². The first-order valence-corrected chi connectivity index (χ1v) is 8.42. The predicted octanol–water partition coefficient (Wildman–Crippen LogP) is 4.35. The molecule has 0 amide bonds. The predicted molar refractivity (Wildman–Crippen MR) is 89.1 cm³/mol. The molecule has 1 fully saturated rings. The Morgan fingerprint density at radius 3 is 2.95 bits per heavy atom. The number of aromatic nitrogens is 2. The number of benzene rings is 1. The lowest BCUT2D eigenvalue weighted by atomic mass is 10.0. The van der Waals surface area contributed by atoms with Gasteiger partial charge in [-0.15, -0.1) is 0 Å². The van der Waals surface area contributed by atoms with Crippen LogP contribution in [0.5, 0.6) is 0 Å². The maximum absolute atomic E-state index is 6.15. The highest BCUT2D eigenvalue weighted by molar-refractivity contribution is 6.31. The van der Waals surface area contributed by atoms with E-state index in [0.29, 0.717) is 12.1 Å². The van der Waals surface area contributed by atoms with E-state index in [2.05, 4.69) is 23.7 Å². The smallest absolute Gasteiger partial charge is 0.110 e. The molecule has 0 saturated carbocycles. The van der Waals surface area contributed by atoms with Crippen molar-refractivity contribution in [2.75, 3.05) is 6.54 Å². The molecule has 0 spiro atoms. The van der Waals surface area contributed by atoms with Crippen molar-refractivity contribution in [1.82, 2.24) is 14.9 Å². The van der Waals surface area contributed by atoms with Crippen molar-refractivity contribution >= 4 is 22.6 Å². The minimum absolute atomic E-state index is 0.405. The minimum Gasteiger partial charge on any atom is -0.325 e. The number of nitrogens with one attached hydrogen (secondary N) is 1. The molecule has 0 aliphatic carbocycles. The Morgan fingerprint density at radius 1 is 1.38 bits per heavy atom. The Bertz CT molecular complexity index is 612. The van der Waals surface area contributed by atoms with Crippen molar-refractivity contribution in [1.29, 1.82) is 0 Å². The first kappa shape index (κ1) is 14.9. The number of halogens is 1. The molecule has 1 saturated heterocycles. The molecule has 1 N–H and O–H groups in total. The third-order valence-electron chi connectivity index (χ3n) is 4.37. The van der Waals surface area contributed by atoms with Gasteiger partial charge >= 0.3 is 0 Å². The number of fused-ring (bicyclic) bond motifs is 1. The summed E-state index contributed by atoms with van der Waals surface area (Å²) in [6.45, 7) is 5.59. The van der Waals surface area contributed by atoms with Gasteiger partial charge in [-0.1, -0.05) is 18.0 Å². The van der Waals surface area contributed by atoms with Gasteiger partial charge in [0.25, 0.3) is 0 Å². The van der Waals surface area contributed by atoms with Crippen LogP contribution < -0.4 is 5.32 Å². The van der Waals surface area contributed by atoms with Gasteiger partial charge in [-0.3, -0.25) is 0 Å². The van der Waals surface area contributed by atoms with E-state index in [1.165, 1.54) is 38.1 Å². The molecule has 114 valence electrons. The molecule has 21 heavy (non-hydrogen) atoms. The highest BCUT2D eigenvalue weighted by atomic mass is 35.5. The number of nitrogens with zero attached hydrogens (tertiary/aromatic N) is 2. The lowest BCUT2D eigenvalue weighted by Crippen LogP contribution is -2.34. The summed E-state index contributed by atoms with van der Waals surface area (Å²) in [7, 11) is 0. The van der Waals surface area contributed by atoms with Crippen molar-refractivity contribution in [3.63, 3.8) is 0 Å². The molecule has 1 aliphatic heterocycles. The molecule has 4 heteroatoms. The quantitative estimate of drug-likeness (QED) is 0.910. The maximum Gasteiger partial charge on any atom is 0.110 e. The SMILES string of the molecule is CC(C)n1c(CCC2CCCCN2)nc2ccc(Cl)cc21. The second-order valence-corrected chi connectivity index (χ2v) is 6.75. The lowest BCUT2D eigenvalue weighted by Gasteiger charge is -2.23. The van der Waals surface area contributed by atoms with E-state index in [1.807, 2.05) is 18.2 Å². The number of piperidine rings is 1. The molecule has 0 bridgehead atoms. The summed E-state index contributed by atoms with van der Waals surface area (Å²) in [5.41, 5.74) is 2.21. The number of imidazole rings is 1. The Morgan fingerprint density at radius 2 is 2.24 bits per heavy atom. The Balaban J connectivity index is 1.84. The molecule has 1 aliphatic rings. The monoisotopic (exact) mass is 305 g/mol. The Kier molecular flexibility index (Phi) is 4.51. The summed E-state index contributed by atoms with van der Waals surface area (Å²) >= 11 is 6.15.